The van der Waals surface area contributed by atoms with Crippen molar-refractivity contribution in [1.29, 1.82) is 5.41 Å². The Balaban J connectivity index is 1.83. The molecule has 0 atom stereocenters. The second-order valence-corrected chi connectivity index (χ2v) is 5.13. The normalized spacial score (nSPS) is 10.5. The smallest absolute Gasteiger partial charge is 0.230 e. The molecule has 0 saturated carbocycles. The van der Waals surface area contributed by atoms with Crippen LogP contribution in [0, 0.1) is 5.41 Å². The van der Waals surface area contributed by atoms with E-state index < -0.39 is 0 Å². The second-order valence-electron chi connectivity index (χ2n) is 4.11. The summed E-state index contributed by atoms with van der Waals surface area (Å²) < 4.78 is 0. The number of nitrogens with one attached hydrogen (secondary N) is 3. The fourth-order valence-electron chi connectivity index (χ4n) is 1.87. The third-order valence-corrected chi connectivity index (χ3v) is 3.47. The molecule has 0 bridgehead atoms. The Labute approximate surface area is 115 Å². The zero-order chi connectivity index (χ0) is 13.7. The number of hydrogen-bond acceptors (Lipinski definition) is 3. The van der Waals surface area contributed by atoms with Gasteiger partial charge in [-0.1, -0.05) is 30.0 Å². The molecular formula is C13H16N4OS. The third kappa shape index (κ3) is 3.75. The Kier molecular flexibility index (Phi) is 4.46. The first-order valence-corrected chi connectivity index (χ1v) is 6.94. The monoisotopic (exact) mass is 276 g/mol. The van der Waals surface area contributed by atoms with Crippen molar-refractivity contribution in [3.63, 3.8) is 0 Å². The molecule has 0 spiro atoms. The summed E-state index contributed by atoms with van der Waals surface area (Å²) >= 11 is 1.03. The van der Waals surface area contributed by atoms with E-state index in [4.69, 9.17) is 11.1 Å². The van der Waals surface area contributed by atoms with E-state index in [1.807, 2.05) is 24.4 Å². The van der Waals surface area contributed by atoms with Gasteiger partial charge in [0.05, 0.1) is 5.75 Å². The third-order valence-electron chi connectivity index (χ3n) is 2.75. The Morgan fingerprint density at radius 3 is 3.00 bits per heavy atom. The summed E-state index contributed by atoms with van der Waals surface area (Å²) in [4.78, 5) is 14.7. The zero-order valence-corrected chi connectivity index (χ0v) is 11.2. The minimum absolute atomic E-state index is 0.0354. The van der Waals surface area contributed by atoms with E-state index in [9.17, 15) is 4.79 Å². The summed E-state index contributed by atoms with van der Waals surface area (Å²) in [6.07, 6.45) is 2.75. The Bertz CT molecular complexity index is 593. The molecule has 19 heavy (non-hydrogen) atoms. The number of carbonyl (C=O) groups excluding carboxylic acids is 1. The van der Waals surface area contributed by atoms with Crippen LogP contribution in [0.5, 0.6) is 0 Å². The van der Waals surface area contributed by atoms with Crippen molar-refractivity contribution in [2.24, 2.45) is 5.73 Å². The van der Waals surface area contributed by atoms with Gasteiger partial charge in [-0.15, -0.1) is 0 Å². The molecule has 0 aliphatic heterocycles. The van der Waals surface area contributed by atoms with Gasteiger partial charge in [-0.2, -0.15) is 0 Å². The summed E-state index contributed by atoms with van der Waals surface area (Å²) in [6.45, 7) is 0.582. The van der Waals surface area contributed by atoms with Gasteiger partial charge >= 0.3 is 0 Å². The molecular weight excluding hydrogens is 260 g/mol. The number of nitrogens with two attached hydrogens (primary N) is 1. The minimum Gasteiger partial charge on any atom is -0.379 e. The van der Waals surface area contributed by atoms with Crippen molar-refractivity contribution in [3.05, 3.63) is 36.0 Å². The molecule has 0 fully saturated rings. The van der Waals surface area contributed by atoms with Gasteiger partial charge in [0.1, 0.15) is 0 Å². The lowest BCUT2D eigenvalue weighted by Gasteiger charge is -2.04. The second kappa shape index (κ2) is 6.29. The molecule has 5 N–H and O–H groups in total. The van der Waals surface area contributed by atoms with Gasteiger partial charge in [-0.05, 0) is 18.1 Å². The van der Waals surface area contributed by atoms with Crippen LogP contribution >= 0.6 is 11.8 Å². The molecule has 1 aromatic heterocycles. The van der Waals surface area contributed by atoms with Gasteiger partial charge in [0.25, 0.3) is 0 Å². The molecule has 0 saturated heterocycles. The molecule has 1 amide bonds. The number of rotatable bonds is 5. The average molecular weight is 276 g/mol. The van der Waals surface area contributed by atoms with Crippen LogP contribution in [0.3, 0.4) is 0 Å². The summed E-state index contributed by atoms with van der Waals surface area (Å²) in [5.74, 6) is 0.100. The van der Waals surface area contributed by atoms with Gasteiger partial charge in [0.2, 0.25) is 5.91 Å². The lowest BCUT2D eigenvalue weighted by molar-refractivity contribution is -0.118. The maximum absolute atomic E-state index is 11.4. The number of amidine groups is 1. The van der Waals surface area contributed by atoms with E-state index in [1.165, 1.54) is 10.9 Å². The summed E-state index contributed by atoms with van der Waals surface area (Å²) in [7, 11) is 0. The van der Waals surface area contributed by atoms with Crippen molar-refractivity contribution in [3.8, 4) is 0 Å². The van der Waals surface area contributed by atoms with Crippen LogP contribution in [0.4, 0.5) is 0 Å². The fraction of sp³-hybridized carbons (Fsp3) is 0.231. The van der Waals surface area contributed by atoms with Crippen molar-refractivity contribution >= 4 is 33.7 Å². The molecule has 2 aromatic rings. The molecule has 100 valence electrons. The van der Waals surface area contributed by atoms with Crippen LogP contribution < -0.4 is 11.1 Å². The molecule has 0 radical (unpaired) electrons. The number of amides is 1. The van der Waals surface area contributed by atoms with Crippen LogP contribution in [-0.2, 0) is 11.2 Å². The summed E-state index contributed by atoms with van der Waals surface area (Å²) in [6, 6.07) is 8.08. The summed E-state index contributed by atoms with van der Waals surface area (Å²) in [5.41, 5.74) is 7.47. The lowest BCUT2D eigenvalue weighted by atomic mass is 10.1. The number of hydrogen-bond donors (Lipinski definition) is 4. The number of H-pyrrole nitrogens is 1. The highest BCUT2D eigenvalue weighted by Crippen LogP contribution is 2.17. The van der Waals surface area contributed by atoms with Crippen molar-refractivity contribution in [2.75, 3.05) is 12.3 Å². The van der Waals surface area contributed by atoms with Crippen molar-refractivity contribution in [1.82, 2.24) is 10.3 Å². The Morgan fingerprint density at radius 2 is 2.21 bits per heavy atom. The number of fused-ring (bicyclic) bond motifs is 1. The van der Waals surface area contributed by atoms with Crippen LogP contribution in [-0.4, -0.2) is 28.4 Å². The quantitative estimate of drug-likeness (QED) is 0.492. The lowest BCUT2D eigenvalue weighted by Crippen LogP contribution is -2.28. The molecule has 2 rings (SSSR count). The SMILES string of the molecule is N=C(N)SCC(=O)NCCc1c[nH]c2ccccc12. The van der Waals surface area contributed by atoms with E-state index in [1.54, 1.807) is 0 Å². The maximum atomic E-state index is 11.4. The molecule has 1 aromatic carbocycles. The number of carbonyl (C=O) groups is 1. The first-order valence-electron chi connectivity index (χ1n) is 5.95. The van der Waals surface area contributed by atoms with Crippen molar-refractivity contribution < 1.29 is 4.79 Å². The standard InChI is InChI=1S/C13H16N4OS/c14-13(15)19-8-12(18)16-6-5-9-7-17-11-4-2-1-3-10(9)11/h1-4,7,17H,5-6,8H2,(H3,14,15)(H,16,18). The van der Waals surface area contributed by atoms with E-state index in [0.29, 0.717) is 6.54 Å². The minimum atomic E-state index is -0.0972. The highest BCUT2D eigenvalue weighted by molar-refractivity contribution is 8.14. The first kappa shape index (κ1) is 13.5. The van der Waals surface area contributed by atoms with E-state index in [0.717, 1.165) is 23.7 Å². The number of para-hydroxylation sites is 1. The van der Waals surface area contributed by atoms with Gasteiger partial charge in [0.15, 0.2) is 5.17 Å². The molecule has 0 aliphatic carbocycles. The Hall–Kier alpha value is -1.95. The fourth-order valence-corrected chi connectivity index (χ4v) is 2.26. The number of benzene rings is 1. The van der Waals surface area contributed by atoms with Gasteiger partial charge in [-0.3, -0.25) is 10.2 Å². The highest BCUT2D eigenvalue weighted by atomic mass is 32.2. The average Bonchev–Trinajstić information content (AvgIpc) is 2.80. The predicted octanol–water partition coefficient (Wildman–Crippen LogP) is 1.45. The number of aromatic nitrogens is 1. The van der Waals surface area contributed by atoms with Gasteiger partial charge in [0, 0.05) is 23.6 Å². The molecule has 0 unspecified atom stereocenters. The first-order chi connectivity index (χ1) is 9.16. The predicted molar refractivity (Wildman–Crippen MR) is 79.4 cm³/mol. The molecule has 6 heteroatoms. The molecule has 1 heterocycles. The maximum Gasteiger partial charge on any atom is 0.230 e. The molecule has 0 aliphatic rings. The van der Waals surface area contributed by atoms with Gasteiger partial charge in [-0.25, -0.2) is 0 Å². The largest absolute Gasteiger partial charge is 0.379 e. The van der Waals surface area contributed by atoms with E-state index in [2.05, 4.69) is 16.4 Å². The van der Waals surface area contributed by atoms with E-state index >= 15 is 0 Å². The highest BCUT2D eigenvalue weighted by Gasteiger charge is 2.05. The van der Waals surface area contributed by atoms with Crippen LogP contribution in [0.2, 0.25) is 0 Å². The zero-order valence-electron chi connectivity index (χ0n) is 10.4. The molecule has 5 nitrogen and oxygen atoms in total. The Morgan fingerprint density at radius 1 is 1.42 bits per heavy atom. The topological polar surface area (TPSA) is 94.8 Å². The van der Waals surface area contributed by atoms with Crippen LogP contribution in [0.25, 0.3) is 10.9 Å². The summed E-state index contributed by atoms with van der Waals surface area (Å²) in [5, 5.41) is 11.0. The number of aromatic amines is 1. The van der Waals surface area contributed by atoms with Gasteiger partial charge < -0.3 is 16.0 Å². The van der Waals surface area contributed by atoms with Crippen molar-refractivity contribution in [2.45, 2.75) is 6.42 Å². The van der Waals surface area contributed by atoms with E-state index in [-0.39, 0.29) is 16.8 Å². The number of thioether (sulfide) groups is 1. The van der Waals surface area contributed by atoms with Crippen LogP contribution in [0.15, 0.2) is 30.5 Å². The van der Waals surface area contributed by atoms with Crippen LogP contribution in [0.1, 0.15) is 5.56 Å².